The van der Waals surface area contributed by atoms with Gasteiger partial charge in [0.05, 0.1) is 30.4 Å². The summed E-state index contributed by atoms with van der Waals surface area (Å²) < 4.78 is 11.3. The summed E-state index contributed by atoms with van der Waals surface area (Å²) in [6.45, 7) is 7.06. The summed E-state index contributed by atoms with van der Waals surface area (Å²) in [5.74, 6) is -0.507. The van der Waals surface area contributed by atoms with E-state index in [1.807, 2.05) is 51.1 Å². The zero-order valence-electron chi connectivity index (χ0n) is 18.3. The van der Waals surface area contributed by atoms with Crippen molar-refractivity contribution in [2.45, 2.75) is 39.7 Å². The third kappa shape index (κ3) is 4.58. The van der Waals surface area contributed by atoms with Crippen LogP contribution >= 0.6 is 0 Å². The summed E-state index contributed by atoms with van der Waals surface area (Å²) in [5.41, 5.74) is 1.22. The van der Waals surface area contributed by atoms with Gasteiger partial charge in [-0.05, 0) is 38.0 Å². The predicted octanol–water partition coefficient (Wildman–Crippen LogP) is 4.71. The van der Waals surface area contributed by atoms with Crippen LogP contribution in [0.5, 0.6) is 11.5 Å². The maximum absolute atomic E-state index is 13.0. The molecule has 0 spiro atoms. The fourth-order valence-electron chi connectivity index (χ4n) is 3.80. The number of Topliss-reactive ketones (excluding diaryl/α,β-unsaturated/α-hetero) is 1. The van der Waals surface area contributed by atoms with Crippen LogP contribution in [0, 0.1) is 0 Å². The Morgan fingerprint density at radius 3 is 2.35 bits per heavy atom. The molecule has 1 amide bonds. The molecule has 1 N–H and O–H groups in total. The van der Waals surface area contributed by atoms with E-state index in [-0.39, 0.29) is 11.3 Å². The van der Waals surface area contributed by atoms with E-state index in [1.165, 1.54) is 0 Å². The van der Waals surface area contributed by atoms with E-state index in [0.29, 0.717) is 36.8 Å². The van der Waals surface area contributed by atoms with E-state index in [0.717, 1.165) is 18.4 Å². The third-order valence-electron chi connectivity index (χ3n) is 5.23. The number of aliphatic hydroxyl groups excluding tert-OH is 1. The second kappa shape index (κ2) is 10.2. The number of hydrogen-bond donors (Lipinski definition) is 1. The van der Waals surface area contributed by atoms with Crippen molar-refractivity contribution in [2.75, 3.05) is 19.8 Å². The highest BCUT2D eigenvalue weighted by molar-refractivity contribution is 6.46. The monoisotopic (exact) mass is 423 g/mol. The van der Waals surface area contributed by atoms with Crippen LogP contribution in [0.1, 0.15) is 50.8 Å². The number of amides is 1. The van der Waals surface area contributed by atoms with Gasteiger partial charge in [0.1, 0.15) is 17.3 Å². The average molecular weight is 424 g/mol. The Morgan fingerprint density at radius 1 is 1.00 bits per heavy atom. The van der Waals surface area contributed by atoms with Crippen molar-refractivity contribution in [1.29, 1.82) is 0 Å². The van der Waals surface area contributed by atoms with E-state index in [2.05, 4.69) is 0 Å². The quantitative estimate of drug-likeness (QED) is 0.359. The summed E-state index contributed by atoms with van der Waals surface area (Å²) in [5, 5.41) is 11.3. The Morgan fingerprint density at radius 2 is 1.71 bits per heavy atom. The molecule has 1 unspecified atom stereocenters. The normalized spacial score (nSPS) is 17.8. The number of carbonyl (C=O) groups excluding carboxylic acids is 2. The van der Waals surface area contributed by atoms with Crippen LogP contribution in [0.4, 0.5) is 0 Å². The Bertz CT molecular complexity index is 967. The number of hydrogen-bond acceptors (Lipinski definition) is 5. The number of carbonyl (C=O) groups is 2. The van der Waals surface area contributed by atoms with Crippen molar-refractivity contribution in [3.05, 3.63) is 65.2 Å². The molecule has 3 rings (SSSR count). The molecule has 1 fully saturated rings. The van der Waals surface area contributed by atoms with Gasteiger partial charge in [-0.1, -0.05) is 43.7 Å². The molecule has 1 aliphatic heterocycles. The molecule has 31 heavy (non-hydrogen) atoms. The molecule has 164 valence electrons. The zero-order chi connectivity index (χ0) is 22.4. The van der Waals surface area contributed by atoms with Crippen molar-refractivity contribution >= 4 is 17.4 Å². The van der Waals surface area contributed by atoms with Crippen molar-refractivity contribution < 1.29 is 24.2 Å². The lowest BCUT2D eigenvalue weighted by molar-refractivity contribution is -0.139. The van der Waals surface area contributed by atoms with E-state index in [1.54, 1.807) is 23.1 Å². The number of nitrogens with zero attached hydrogens (tertiary/aromatic N) is 1. The topological polar surface area (TPSA) is 76.1 Å². The van der Waals surface area contributed by atoms with Crippen LogP contribution in [-0.4, -0.2) is 41.5 Å². The molecule has 2 aromatic carbocycles. The molecule has 6 heteroatoms. The first-order valence-corrected chi connectivity index (χ1v) is 10.8. The van der Waals surface area contributed by atoms with Crippen molar-refractivity contribution in [3.63, 3.8) is 0 Å². The summed E-state index contributed by atoms with van der Waals surface area (Å²) in [4.78, 5) is 27.5. The minimum atomic E-state index is -0.682. The Labute approximate surface area is 183 Å². The highest BCUT2D eigenvalue weighted by Crippen LogP contribution is 2.41. The van der Waals surface area contributed by atoms with Crippen molar-refractivity contribution in [1.82, 2.24) is 4.90 Å². The summed E-state index contributed by atoms with van der Waals surface area (Å²) in [6.07, 6.45) is 1.65. The molecule has 1 saturated heterocycles. The number of ether oxygens (including phenoxy) is 2. The molecular formula is C25H29NO5. The Hall–Kier alpha value is -3.28. The third-order valence-corrected chi connectivity index (χ3v) is 5.23. The molecule has 0 radical (unpaired) electrons. The molecule has 1 heterocycles. The Balaban J connectivity index is 2.16. The molecule has 0 saturated carbocycles. The van der Waals surface area contributed by atoms with E-state index < -0.39 is 17.7 Å². The first-order chi connectivity index (χ1) is 15.0. The molecular weight excluding hydrogens is 394 g/mol. The highest BCUT2D eigenvalue weighted by atomic mass is 16.5. The van der Waals surface area contributed by atoms with Gasteiger partial charge in [-0.15, -0.1) is 0 Å². The minimum absolute atomic E-state index is 0.0809. The first kappa shape index (κ1) is 22.4. The van der Waals surface area contributed by atoms with Gasteiger partial charge in [0.15, 0.2) is 0 Å². The summed E-state index contributed by atoms with van der Waals surface area (Å²) >= 11 is 0. The first-order valence-electron chi connectivity index (χ1n) is 10.8. The van der Waals surface area contributed by atoms with Crippen LogP contribution in [-0.2, 0) is 9.59 Å². The number of benzene rings is 2. The van der Waals surface area contributed by atoms with Crippen molar-refractivity contribution in [3.8, 4) is 11.5 Å². The van der Waals surface area contributed by atoms with E-state index in [4.69, 9.17) is 9.47 Å². The van der Waals surface area contributed by atoms with Crippen LogP contribution < -0.4 is 9.47 Å². The standard InChI is InChI=1S/C25H29NO5/c1-4-7-15-26-22(17-11-9-8-10-12-17)21(24(28)25(26)29)23(27)19-14-13-18(30-5-2)16-20(19)31-6-3/h8-14,16,22,27H,4-7,15H2,1-3H3/b23-21-. The second-order valence-electron chi connectivity index (χ2n) is 7.28. The molecule has 0 aromatic heterocycles. The lowest BCUT2D eigenvalue weighted by atomic mass is 9.95. The second-order valence-corrected chi connectivity index (χ2v) is 7.28. The molecule has 0 aliphatic carbocycles. The largest absolute Gasteiger partial charge is 0.507 e. The highest BCUT2D eigenvalue weighted by Gasteiger charge is 2.45. The fraction of sp³-hybridized carbons (Fsp3) is 0.360. The van der Waals surface area contributed by atoms with Crippen LogP contribution in [0.15, 0.2) is 54.1 Å². The summed E-state index contributed by atoms with van der Waals surface area (Å²) in [6, 6.07) is 13.7. The van der Waals surface area contributed by atoms with Gasteiger partial charge in [-0.2, -0.15) is 0 Å². The van der Waals surface area contributed by atoms with Crippen molar-refractivity contribution in [2.24, 2.45) is 0 Å². The number of likely N-dealkylation sites (tertiary alicyclic amines) is 1. The zero-order valence-corrected chi connectivity index (χ0v) is 18.3. The maximum Gasteiger partial charge on any atom is 0.295 e. The molecule has 0 bridgehead atoms. The van der Waals surface area contributed by atoms with Gasteiger partial charge in [-0.3, -0.25) is 9.59 Å². The van der Waals surface area contributed by atoms with Gasteiger partial charge >= 0.3 is 0 Å². The molecule has 1 aliphatic rings. The van der Waals surface area contributed by atoms with Crippen LogP contribution in [0.25, 0.3) is 5.76 Å². The fourth-order valence-corrected chi connectivity index (χ4v) is 3.80. The average Bonchev–Trinajstić information content (AvgIpc) is 3.03. The van der Waals surface area contributed by atoms with Gasteiger partial charge in [0.25, 0.3) is 11.7 Å². The predicted molar refractivity (Wildman–Crippen MR) is 119 cm³/mol. The van der Waals surface area contributed by atoms with Crippen LogP contribution in [0.3, 0.4) is 0 Å². The lowest BCUT2D eigenvalue weighted by Crippen LogP contribution is -2.30. The number of aliphatic hydroxyl groups is 1. The summed E-state index contributed by atoms with van der Waals surface area (Å²) in [7, 11) is 0. The molecule has 6 nitrogen and oxygen atoms in total. The van der Waals surface area contributed by atoms with Gasteiger partial charge in [-0.25, -0.2) is 0 Å². The number of unbranched alkanes of at least 4 members (excludes halogenated alkanes) is 1. The molecule has 1 atom stereocenters. The number of rotatable bonds is 9. The van der Waals surface area contributed by atoms with E-state index >= 15 is 0 Å². The maximum atomic E-state index is 13.0. The Kier molecular flexibility index (Phi) is 7.34. The van der Waals surface area contributed by atoms with Gasteiger partial charge < -0.3 is 19.5 Å². The van der Waals surface area contributed by atoms with Gasteiger partial charge in [0, 0.05) is 12.6 Å². The van der Waals surface area contributed by atoms with Gasteiger partial charge in [0.2, 0.25) is 0 Å². The smallest absolute Gasteiger partial charge is 0.295 e. The number of ketones is 1. The SMILES string of the molecule is CCCCN1C(=O)C(=O)/C(=C(\O)c2ccc(OCC)cc2OCC)C1c1ccccc1. The van der Waals surface area contributed by atoms with Crippen LogP contribution in [0.2, 0.25) is 0 Å². The minimum Gasteiger partial charge on any atom is -0.507 e. The lowest BCUT2D eigenvalue weighted by Gasteiger charge is -2.25. The van der Waals surface area contributed by atoms with E-state index in [9.17, 15) is 14.7 Å². The molecule has 2 aromatic rings.